The lowest BCUT2D eigenvalue weighted by Crippen LogP contribution is -2.46. The van der Waals surface area contributed by atoms with Gasteiger partial charge in [-0.15, -0.1) is 0 Å². The molecule has 1 atom stereocenters. The summed E-state index contributed by atoms with van der Waals surface area (Å²) in [6, 6.07) is 17.5. The normalized spacial score (nSPS) is 20.0. The molecule has 2 aromatic carbocycles. The maximum absolute atomic E-state index is 13.2. The van der Waals surface area contributed by atoms with E-state index in [1.165, 1.54) is 5.69 Å². The molecule has 2 saturated heterocycles. The molecule has 0 amide bonds. The van der Waals surface area contributed by atoms with Crippen LogP contribution in [0.5, 0.6) is 5.75 Å². The third-order valence-electron chi connectivity index (χ3n) is 7.04. The SMILES string of the molecule is COc1ccc(N2CCN(c3ccc4cc(S(=O)(=O)N5CCCCC5C)ccc4n3)CC2)cc1. The van der Waals surface area contributed by atoms with Crippen molar-refractivity contribution in [2.75, 3.05) is 49.6 Å². The van der Waals surface area contributed by atoms with E-state index in [4.69, 9.17) is 9.72 Å². The minimum Gasteiger partial charge on any atom is -0.497 e. The fourth-order valence-corrected chi connectivity index (χ4v) is 6.72. The quantitative estimate of drug-likeness (QED) is 0.547. The third-order valence-corrected chi connectivity index (χ3v) is 9.05. The van der Waals surface area contributed by atoms with Crippen molar-refractivity contribution in [3.05, 3.63) is 54.6 Å². The molecule has 8 heteroatoms. The number of fused-ring (bicyclic) bond motifs is 1. The molecule has 0 spiro atoms. The molecule has 2 fully saturated rings. The van der Waals surface area contributed by atoms with E-state index < -0.39 is 10.0 Å². The van der Waals surface area contributed by atoms with Gasteiger partial charge in [-0.05, 0) is 74.4 Å². The highest BCUT2D eigenvalue weighted by atomic mass is 32.2. The molecule has 0 aliphatic carbocycles. The van der Waals surface area contributed by atoms with Gasteiger partial charge in [-0.2, -0.15) is 4.31 Å². The molecule has 0 bridgehead atoms. The summed E-state index contributed by atoms with van der Waals surface area (Å²) >= 11 is 0. The van der Waals surface area contributed by atoms with Gasteiger partial charge < -0.3 is 14.5 Å². The lowest BCUT2D eigenvalue weighted by molar-refractivity contribution is 0.268. The van der Waals surface area contributed by atoms with Crippen molar-refractivity contribution >= 4 is 32.4 Å². The highest BCUT2D eigenvalue weighted by molar-refractivity contribution is 7.89. The van der Waals surface area contributed by atoms with Crippen molar-refractivity contribution < 1.29 is 13.2 Å². The van der Waals surface area contributed by atoms with Crippen LogP contribution >= 0.6 is 0 Å². The van der Waals surface area contributed by atoms with E-state index in [2.05, 4.69) is 21.9 Å². The number of benzene rings is 2. The van der Waals surface area contributed by atoms with Crippen molar-refractivity contribution in [1.29, 1.82) is 0 Å². The van der Waals surface area contributed by atoms with Crippen LogP contribution in [0.2, 0.25) is 0 Å². The van der Waals surface area contributed by atoms with E-state index in [9.17, 15) is 8.42 Å². The van der Waals surface area contributed by atoms with Crippen LogP contribution in [0.4, 0.5) is 11.5 Å². The van der Waals surface area contributed by atoms with Gasteiger partial charge in [0.25, 0.3) is 0 Å². The molecular formula is C26H32N4O3S. The van der Waals surface area contributed by atoms with E-state index >= 15 is 0 Å². The summed E-state index contributed by atoms with van der Waals surface area (Å²) in [4.78, 5) is 9.87. The van der Waals surface area contributed by atoms with Crippen molar-refractivity contribution in [3.63, 3.8) is 0 Å². The first-order valence-corrected chi connectivity index (χ1v) is 13.5. The number of hydrogen-bond donors (Lipinski definition) is 0. The van der Waals surface area contributed by atoms with Gasteiger partial charge in [0.1, 0.15) is 11.6 Å². The minimum atomic E-state index is -3.49. The fraction of sp³-hybridized carbons (Fsp3) is 0.423. The highest BCUT2D eigenvalue weighted by Gasteiger charge is 2.31. The molecule has 3 heterocycles. The summed E-state index contributed by atoms with van der Waals surface area (Å²) in [5.41, 5.74) is 2.02. The van der Waals surface area contributed by atoms with Crippen LogP contribution < -0.4 is 14.5 Å². The Labute approximate surface area is 202 Å². The molecule has 3 aromatic rings. The van der Waals surface area contributed by atoms with Crippen LogP contribution in [0.25, 0.3) is 10.9 Å². The summed E-state index contributed by atoms with van der Waals surface area (Å²) in [6.07, 6.45) is 2.93. The van der Waals surface area contributed by atoms with Crippen LogP contribution in [0.1, 0.15) is 26.2 Å². The molecule has 0 N–H and O–H groups in total. The number of rotatable bonds is 5. The van der Waals surface area contributed by atoms with Gasteiger partial charge in [-0.25, -0.2) is 13.4 Å². The standard InChI is InChI=1S/C26H32N4O3S/c1-20-5-3-4-14-30(20)34(31,32)24-11-12-25-21(19-24)6-13-26(27-25)29-17-15-28(16-18-29)22-7-9-23(33-2)10-8-22/h6-13,19-20H,3-5,14-18H2,1-2H3. The zero-order valence-corrected chi connectivity index (χ0v) is 20.7. The van der Waals surface area contributed by atoms with E-state index in [0.717, 1.165) is 67.9 Å². The Balaban J connectivity index is 1.30. The largest absolute Gasteiger partial charge is 0.497 e. The van der Waals surface area contributed by atoms with Gasteiger partial charge in [-0.3, -0.25) is 0 Å². The van der Waals surface area contributed by atoms with Gasteiger partial charge in [0.15, 0.2) is 0 Å². The second-order valence-electron chi connectivity index (χ2n) is 9.16. The van der Waals surface area contributed by atoms with Gasteiger partial charge in [0.2, 0.25) is 10.0 Å². The predicted octanol–water partition coefficient (Wildman–Crippen LogP) is 4.13. The second kappa shape index (κ2) is 9.43. The first-order valence-electron chi connectivity index (χ1n) is 12.0. The Bertz CT molecular complexity index is 1250. The van der Waals surface area contributed by atoms with Crippen molar-refractivity contribution in [3.8, 4) is 5.75 Å². The molecule has 2 aliphatic rings. The molecule has 1 aromatic heterocycles. The number of ether oxygens (including phenoxy) is 1. The van der Waals surface area contributed by atoms with Gasteiger partial charge >= 0.3 is 0 Å². The molecule has 34 heavy (non-hydrogen) atoms. The number of pyridine rings is 1. The first-order chi connectivity index (χ1) is 16.5. The molecule has 5 rings (SSSR count). The Morgan fingerprint density at radius 1 is 0.882 bits per heavy atom. The highest BCUT2D eigenvalue weighted by Crippen LogP contribution is 2.28. The molecule has 7 nitrogen and oxygen atoms in total. The van der Waals surface area contributed by atoms with Crippen molar-refractivity contribution in [1.82, 2.24) is 9.29 Å². The lowest BCUT2D eigenvalue weighted by atomic mass is 10.1. The smallest absolute Gasteiger partial charge is 0.243 e. The van der Waals surface area contributed by atoms with Crippen LogP contribution in [0, 0.1) is 0 Å². The fourth-order valence-electron chi connectivity index (χ4n) is 4.98. The van der Waals surface area contributed by atoms with Crippen LogP contribution in [0.3, 0.4) is 0 Å². The Morgan fingerprint density at radius 3 is 2.32 bits per heavy atom. The van der Waals surface area contributed by atoms with E-state index in [0.29, 0.717) is 11.4 Å². The Morgan fingerprint density at radius 2 is 1.62 bits per heavy atom. The number of sulfonamides is 1. The first kappa shape index (κ1) is 22.9. The van der Waals surface area contributed by atoms with Gasteiger partial charge in [-0.1, -0.05) is 6.42 Å². The third kappa shape index (κ3) is 4.44. The number of piperidine rings is 1. The Hall–Kier alpha value is -2.84. The average molecular weight is 481 g/mol. The van der Waals surface area contributed by atoms with Crippen LogP contribution in [0.15, 0.2) is 59.5 Å². The summed E-state index contributed by atoms with van der Waals surface area (Å²) in [5, 5.41) is 0.853. The molecule has 2 aliphatic heterocycles. The molecule has 1 unspecified atom stereocenters. The zero-order chi connectivity index (χ0) is 23.7. The van der Waals surface area contributed by atoms with E-state index in [1.54, 1.807) is 23.5 Å². The van der Waals surface area contributed by atoms with Crippen molar-refractivity contribution in [2.24, 2.45) is 0 Å². The Kier molecular flexibility index (Phi) is 6.36. The summed E-state index contributed by atoms with van der Waals surface area (Å²) in [5.74, 6) is 1.80. The summed E-state index contributed by atoms with van der Waals surface area (Å²) in [6.45, 7) is 6.18. The number of nitrogens with zero attached hydrogens (tertiary/aromatic N) is 4. The number of piperazine rings is 1. The minimum absolute atomic E-state index is 0.0477. The van der Waals surface area contributed by atoms with E-state index in [1.807, 2.05) is 37.3 Å². The number of hydrogen-bond acceptors (Lipinski definition) is 6. The number of methoxy groups -OCH3 is 1. The molecule has 180 valence electrons. The summed E-state index contributed by atoms with van der Waals surface area (Å²) in [7, 11) is -1.81. The second-order valence-corrected chi connectivity index (χ2v) is 11.0. The maximum atomic E-state index is 13.2. The zero-order valence-electron chi connectivity index (χ0n) is 19.9. The number of anilines is 2. The van der Waals surface area contributed by atoms with Gasteiger partial charge in [0.05, 0.1) is 17.5 Å². The van der Waals surface area contributed by atoms with E-state index in [-0.39, 0.29) is 6.04 Å². The van der Waals surface area contributed by atoms with Crippen LogP contribution in [-0.4, -0.2) is 63.6 Å². The topological polar surface area (TPSA) is 66.0 Å². The monoisotopic (exact) mass is 480 g/mol. The van der Waals surface area contributed by atoms with Crippen molar-refractivity contribution in [2.45, 2.75) is 37.1 Å². The van der Waals surface area contributed by atoms with Crippen LogP contribution in [-0.2, 0) is 10.0 Å². The lowest BCUT2D eigenvalue weighted by Gasteiger charge is -2.36. The average Bonchev–Trinajstić information content (AvgIpc) is 2.88. The molecular weight excluding hydrogens is 448 g/mol. The number of aromatic nitrogens is 1. The molecule has 0 saturated carbocycles. The maximum Gasteiger partial charge on any atom is 0.243 e. The predicted molar refractivity (Wildman–Crippen MR) is 136 cm³/mol. The molecule has 0 radical (unpaired) electrons. The summed E-state index contributed by atoms with van der Waals surface area (Å²) < 4.78 is 33.4. The van der Waals surface area contributed by atoms with Gasteiger partial charge in [0, 0.05) is 49.8 Å².